The number of halogens is 1. The molecule has 0 unspecified atom stereocenters. The molecule has 27 heavy (non-hydrogen) atoms. The molecule has 0 bridgehead atoms. The molecule has 2 aromatic carbocycles. The molecule has 7 heteroatoms. The minimum absolute atomic E-state index is 0.0543. The average molecular weight is 373 g/mol. The smallest absolute Gasteiger partial charge is 0.255 e. The first-order chi connectivity index (χ1) is 12.9. The Balaban J connectivity index is 2.00. The highest BCUT2D eigenvalue weighted by Gasteiger charge is 2.13. The minimum Gasteiger partial charge on any atom is -0.492 e. The van der Waals surface area contributed by atoms with E-state index in [1.165, 1.54) is 12.1 Å². The number of benzene rings is 2. The number of carbonyl (C=O) groups excluding carboxylic acids is 2. The lowest BCUT2D eigenvalue weighted by atomic mass is 10.1. The van der Waals surface area contributed by atoms with Gasteiger partial charge in [-0.05, 0) is 48.4 Å². The molecule has 0 saturated heterocycles. The Labute approximate surface area is 157 Å². The standard InChI is InChI=1S/C20H24FN3O3/c1-13(2)11-19(25)24-18-8-3-14(12-17(18)21)20(26)23-15-4-6-16(7-5-15)27-10-9-22/h3-8,12-13H,9-11,22H2,1-2H3,(H,23,26)(H,24,25). The summed E-state index contributed by atoms with van der Waals surface area (Å²) >= 11 is 0. The molecule has 0 aromatic heterocycles. The van der Waals surface area contributed by atoms with Crippen molar-refractivity contribution in [2.45, 2.75) is 20.3 Å². The number of ether oxygens (including phenoxy) is 1. The molecule has 144 valence electrons. The van der Waals surface area contributed by atoms with Gasteiger partial charge in [0, 0.05) is 24.2 Å². The van der Waals surface area contributed by atoms with Crippen LogP contribution in [0.5, 0.6) is 5.75 Å². The lowest BCUT2D eigenvalue weighted by molar-refractivity contribution is -0.116. The molecule has 0 saturated carbocycles. The maximum Gasteiger partial charge on any atom is 0.255 e. The van der Waals surface area contributed by atoms with Crippen LogP contribution in [0, 0.1) is 11.7 Å². The molecule has 0 atom stereocenters. The number of amides is 2. The van der Waals surface area contributed by atoms with E-state index in [2.05, 4.69) is 10.6 Å². The predicted molar refractivity (Wildman–Crippen MR) is 103 cm³/mol. The summed E-state index contributed by atoms with van der Waals surface area (Å²) in [6.07, 6.45) is 0.298. The third-order valence-electron chi connectivity index (χ3n) is 3.60. The number of hydrogen-bond donors (Lipinski definition) is 3. The largest absolute Gasteiger partial charge is 0.492 e. The lowest BCUT2D eigenvalue weighted by Crippen LogP contribution is -2.16. The van der Waals surface area contributed by atoms with Crippen molar-refractivity contribution in [3.63, 3.8) is 0 Å². The van der Waals surface area contributed by atoms with Gasteiger partial charge in [0.25, 0.3) is 5.91 Å². The predicted octanol–water partition coefficient (Wildman–Crippen LogP) is 3.40. The second kappa shape index (κ2) is 9.68. The van der Waals surface area contributed by atoms with E-state index in [-0.39, 0.29) is 23.1 Å². The first kappa shape index (κ1) is 20.4. The Bertz CT molecular complexity index is 792. The van der Waals surface area contributed by atoms with Gasteiger partial charge in [0.05, 0.1) is 5.69 Å². The molecule has 0 aliphatic carbocycles. The van der Waals surface area contributed by atoms with E-state index in [9.17, 15) is 14.0 Å². The topological polar surface area (TPSA) is 93.5 Å². The van der Waals surface area contributed by atoms with Crippen LogP contribution >= 0.6 is 0 Å². The molecule has 2 amide bonds. The van der Waals surface area contributed by atoms with Gasteiger partial charge in [0.2, 0.25) is 5.91 Å². The molecular formula is C20H24FN3O3. The SMILES string of the molecule is CC(C)CC(=O)Nc1ccc(C(=O)Nc2ccc(OCCN)cc2)cc1F. The Kier molecular flexibility index (Phi) is 7.31. The van der Waals surface area contributed by atoms with Crippen LogP contribution in [0.1, 0.15) is 30.6 Å². The molecule has 6 nitrogen and oxygen atoms in total. The zero-order chi connectivity index (χ0) is 19.8. The van der Waals surface area contributed by atoms with Crippen molar-refractivity contribution in [2.24, 2.45) is 11.7 Å². The van der Waals surface area contributed by atoms with Crippen LogP contribution in [0.4, 0.5) is 15.8 Å². The molecule has 4 N–H and O–H groups in total. The highest BCUT2D eigenvalue weighted by atomic mass is 19.1. The molecule has 0 aliphatic rings. The van der Waals surface area contributed by atoms with E-state index < -0.39 is 11.7 Å². The fourth-order valence-corrected chi connectivity index (χ4v) is 2.34. The van der Waals surface area contributed by atoms with Crippen molar-refractivity contribution in [3.05, 3.63) is 53.8 Å². The summed E-state index contributed by atoms with van der Waals surface area (Å²) in [4.78, 5) is 24.0. The van der Waals surface area contributed by atoms with Gasteiger partial charge in [0.1, 0.15) is 18.2 Å². The first-order valence-corrected chi connectivity index (χ1v) is 8.72. The van der Waals surface area contributed by atoms with E-state index in [4.69, 9.17) is 10.5 Å². The fourth-order valence-electron chi connectivity index (χ4n) is 2.34. The molecule has 0 heterocycles. The van der Waals surface area contributed by atoms with Crippen LogP contribution < -0.4 is 21.1 Å². The van der Waals surface area contributed by atoms with Crippen molar-refractivity contribution in [1.82, 2.24) is 0 Å². The number of nitrogens with two attached hydrogens (primary N) is 1. The summed E-state index contributed by atoms with van der Waals surface area (Å²) in [5.74, 6) is -0.566. The van der Waals surface area contributed by atoms with Gasteiger partial charge in [-0.1, -0.05) is 13.8 Å². The summed E-state index contributed by atoms with van der Waals surface area (Å²) in [5.41, 5.74) is 6.13. The van der Waals surface area contributed by atoms with Crippen LogP contribution in [-0.4, -0.2) is 25.0 Å². The van der Waals surface area contributed by atoms with Gasteiger partial charge in [0.15, 0.2) is 0 Å². The van der Waals surface area contributed by atoms with Crippen LogP contribution in [0.3, 0.4) is 0 Å². The van der Waals surface area contributed by atoms with Crippen molar-refractivity contribution in [2.75, 3.05) is 23.8 Å². The maximum atomic E-state index is 14.2. The monoisotopic (exact) mass is 373 g/mol. The number of hydrogen-bond acceptors (Lipinski definition) is 4. The molecule has 0 radical (unpaired) electrons. The van der Waals surface area contributed by atoms with Crippen molar-refractivity contribution < 1.29 is 18.7 Å². The zero-order valence-electron chi connectivity index (χ0n) is 15.4. The van der Waals surface area contributed by atoms with Gasteiger partial charge in [-0.3, -0.25) is 9.59 Å². The lowest BCUT2D eigenvalue weighted by Gasteiger charge is -2.10. The number of nitrogens with one attached hydrogen (secondary N) is 2. The van der Waals surface area contributed by atoms with Crippen LogP contribution in [0.25, 0.3) is 0 Å². The number of rotatable bonds is 8. The quantitative estimate of drug-likeness (QED) is 0.661. The fraction of sp³-hybridized carbons (Fsp3) is 0.300. The van der Waals surface area contributed by atoms with Crippen LogP contribution in [0.2, 0.25) is 0 Å². The van der Waals surface area contributed by atoms with E-state index in [0.29, 0.717) is 31.0 Å². The van der Waals surface area contributed by atoms with Gasteiger partial charge in [-0.15, -0.1) is 0 Å². The summed E-state index contributed by atoms with van der Waals surface area (Å²) in [6, 6.07) is 10.7. The molecule has 0 spiro atoms. The van der Waals surface area contributed by atoms with Gasteiger partial charge >= 0.3 is 0 Å². The molecular weight excluding hydrogens is 349 g/mol. The normalized spacial score (nSPS) is 10.6. The Morgan fingerprint density at radius 3 is 2.41 bits per heavy atom. The van der Waals surface area contributed by atoms with E-state index in [1.807, 2.05) is 13.8 Å². The Morgan fingerprint density at radius 1 is 1.11 bits per heavy atom. The van der Waals surface area contributed by atoms with E-state index in [0.717, 1.165) is 6.07 Å². The van der Waals surface area contributed by atoms with Gasteiger partial charge in [-0.2, -0.15) is 0 Å². The molecule has 2 aromatic rings. The second-order valence-electron chi connectivity index (χ2n) is 6.46. The minimum atomic E-state index is -0.662. The molecule has 0 aliphatic heterocycles. The Morgan fingerprint density at radius 2 is 1.81 bits per heavy atom. The van der Waals surface area contributed by atoms with Crippen molar-refractivity contribution >= 4 is 23.2 Å². The van der Waals surface area contributed by atoms with E-state index in [1.54, 1.807) is 24.3 Å². The van der Waals surface area contributed by atoms with Gasteiger partial charge in [-0.25, -0.2) is 4.39 Å². The van der Waals surface area contributed by atoms with E-state index >= 15 is 0 Å². The van der Waals surface area contributed by atoms with Crippen molar-refractivity contribution in [3.8, 4) is 5.75 Å². The van der Waals surface area contributed by atoms with Crippen molar-refractivity contribution in [1.29, 1.82) is 0 Å². The number of anilines is 2. The third kappa shape index (κ3) is 6.38. The van der Waals surface area contributed by atoms with Crippen LogP contribution in [0.15, 0.2) is 42.5 Å². The summed E-state index contributed by atoms with van der Waals surface area (Å²) < 4.78 is 19.6. The van der Waals surface area contributed by atoms with Crippen LogP contribution in [-0.2, 0) is 4.79 Å². The van der Waals surface area contributed by atoms with Gasteiger partial charge < -0.3 is 21.1 Å². The first-order valence-electron chi connectivity index (χ1n) is 8.72. The maximum absolute atomic E-state index is 14.2. The highest BCUT2D eigenvalue weighted by molar-refractivity contribution is 6.04. The summed E-state index contributed by atoms with van der Waals surface area (Å²) in [7, 11) is 0. The zero-order valence-corrected chi connectivity index (χ0v) is 15.4. The summed E-state index contributed by atoms with van der Waals surface area (Å²) in [5, 5.41) is 5.19. The highest BCUT2D eigenvalue weighted by Crippen LogP contribution is 2.19. The number of carbonyl (C=O) groups is 2. The third-order valence-corrected chi connectivity index (χ3v) is 3.60. The molecule has 2 rings (SSSR count). The average Bonchev–Trinajstić information content (AvgIpc) is 2.62. The Hall–Kier alpha value is -2.93. The summed E-state index contributed by atoms with van der Waals surface area (Å²) in [6.45, 7) is 4.63. The molecule has 0 fully saturated rings. The second-order valence-corrected chi connectivity index (χ2v) is 6.46.